The number of thiophene rings is 1. The quantitative estimate of drug-likeness (QED) is 0.922. The van der Waals surface area contributed by atoms with Gasteiger partial charge in [-0.2, -0.15) is 4.98 Å². The number of nitrogens with one attached hydrogen (secondary N) is 1. The lowest BCUT2D eigenvalue weighted by molar-refractivity contribution is 0.0947. The molecule has 112 valence electrons. The summed E-state index contributed by atoms with van der Waals surface area (Å²) in [7, 11) is 3.12. The number of carbonyl (C=O) groups excluding carboxylic acids is 1. The first-order valence-corrected chi connectivity index (χ1v) is 7.37. The second-order valence-corrected chi connectivity index (χ2v) is 5.79. The van der Waals surface area contributed by atoms with Gasteiger partial charge in [-0.25, -0.2) is 0 Å². The summed E-state index contributed by atoms with van der Waals surface area (Å²) >= 11 is 1.41. The third-order valence-electron chi connectivity index (χ3n) is 2.75. The van der Waals surface area contributed by atoms with Crippen molar-refractivity contribution in [3.63, 3.8) is 0 Å². The predicted molar refractivity (Wildman–Crippen MR) is 83.3 cm³/mol. The highest BCUT2D eigenvalue weighted by Crippen LogP contribution is 2.35. The Labute approximate surface area is 127 Å². The maximum atomic E-state index is 12.0. The Morgan fingerprint density at radius 1 is 1.19 bits per heavy atom. The summed E-state index contributed by atoms with van der Waals surface area (Å²) in [6.45, 7) is 3.87. The molecule has 0 atom stereocenters. The lowest BCUT2D eigenvalue weighted by atomic mass is 10.2. The lowest BCUT2D eigenvalue weighted by Crippen LogP contribution is -2.29. The van der Waals surface area contributed by atoms with E-state index >= 15 is 0 Å². The highest BCUT2D eigenvalue weighted by molar-refractivity contribution is 7.17. The second-order valence-electron chi connectivity index (χ2n) is 4.70. The molecule has 0 aliphatic heterocycles. The van der Waals surface area contributed by atoms with E-state index in [0.29, 0.717) is 16.6 Å². The number of hydrogen-bond acceptors (Lipinski definition) is 5. The zero-order valence-electron chi connectivity index (χ0n) is 12.5. The molecule has 6 heteroatoms. The number of carbonyl (C=O) groups is 1. The van der Waals surface area contributed by atoms with E-state index in [1.54, 1.807) is 26.4 Å². The Bertz CT molecular complexity index is 638. The SMILES string of the molecule is COc1ccc(-c2ccc(C(=O)NC(C)C)s2)c(OC)n1. The summed E-state index contributed by atoms with van der Waals surface area (Å²) in [5, 5.41) is 2.88. The minimum atomic E-state index is -0.0679. The van der Waals surface area contributed by atoms with Crippen LogP contribution in [0.4, 0.5) is 0 Å². The van der Waals surface area contributed by atoms with Crippen molar-refractivity contribution >= 4 is 17.2 Å². The van der Waals surface area contributed by atoms with E-state index in [9.17, 15) is 4.79 Å². The average Bonchev–Trinajstić information content (AvgIpc) is 2.95. The molecule has 0 aromatic carbocycles. The van der Waals surface area contributed by atoms with E-state index in [1.807, 2.05) is 26.0 Å². The number of pyridine rings is 1. The largest absolute Gasteiger partial charge is 0.481 e. The molecule has 5 nitrogen and oxygen atoms in total. The number of rotatable bonds is 5. The van der Waals surface area contributed by atoms with Crippen LogP contribution in [0.2, 0.25) is 0 Å². The number of nitrogens with zero attached hydrogens (tertiary/aromatic N) is 1. The molecule has 2 aromatic heterocycles. The molecular weight excluding hydrogens is 288 g/mol. The molecule has 0 aliphatic carbocycles. The van der Waals surface area contributed by atoms with Crippen molar-refractivity contribution in [2.75, 3.05) is 14.2 Å². The predicted octanol–water partition coefficient (Wildman–Crippen LogP) is 2.97. The van der Waals surface area contributed by atoms with Crippen LogP contribution in [0.5, 0.6) is 11.8 Å². The molecule has 0 saturated carbocycles. The van der Waals surface area contributed by atoms with Crippen LogP contribution in [0, 0.1) is 0 Å². The van der Waals surface area contributed by atoms with Gasteiger partial charge in [0.05, 0.1) is 24.7 Å². The van der Waals surface area contributed by atoms with Crippen LogP contribution in [-0.4, -0.2) is 31.2 Å². The van der Waals surface area contributed by atoms with Gasteiger partial charge in [0, 0.05) is 17.0 Å². The molecule has 1 amide bonds. The standard InChI is InChI=1S/C15H18N2O3S/c1-9(2)16-14(18)12-7-6-11(21-12)10-5-8-13(19-3)17-15(10)20-4/h5-9H,1-4H3,(H,16,18). The van der Waals surface area contributed by atoms with Crippen LogP contribution in [-0.2, 0) is 0 Å². The Kier molecular flexibility index (Phi) is 4.80. The van der Waals surface area contributed by atoms with Crippen molar-refractivity contribution in [2.45, 2.75) is 19.9 Å². The highest BCUT2D eigenvalue weighted by atomic mass is 32.1. The van der Waals surface area contributed by atoms with Gasteiger partial charge in [-0.15, -0.1) is 11.3 Å². The van der Waals surface area contributed by atoms with Gasteiger partial charge < -0.3 is 14.8 Å². The highest BCUT2D eigenvalue weighted by Gasteiger charge is 2.15. The average molecular weight is 306 g/mol. The Morgan fingerprint density at radius 3 is 2.57 bits per heavy atom. The molecule has 0 unspecified atom stereocenters. The molecule has 0 bridgehead atoms. The van der Waals surface area contributed by atoms with E-state index in [4.69, 9.17) is 9.47 Å². The number of amides is 1. The van der Waals surface area contributed by atoms with Crippen LogP contribution in [0.3, 0.4) is 0 Å². The normalized spacial score (nSPS) is 10.5. The first-order valence-electron chi connectivity index (χ1n) is 6.55. The molecule has 2 heterocycles. The maximum Gasteiger partial charge on any atom is 0.261 e. The molecule has 0 aliphatic rings. The van der Waals surface area contributed by atoms with Crippen molar-refractivity contribution in [2.24, 2.45) is 0 Å². The van der Waals surface area contributed by atoms with E-state index in [-0.39, 0.29) is 11.9 Å². The molecule has 0 saturated heterocycles. The topological polar surface area (TPSA) is 60.5 Å². The third-order valence-corrected chi connectivity index (χ3v) is 3.87. The molecule has 2 rings (SSSR count). The first-order chi connectivity index (χ1) is 10.0. The zero-order valence-corrected chi connectivity index (χ0v) is 13.3. The maximum absolute atomic E-state index is 12.0. The van der Waals surface area contributed by atoms with Crippen molar-refractivity contribution in [1.29, 1.82) is 0 Å². The third kappa shape index (κ3) is 3.52. The second kappa shape index (κ2) is 6.58. The number of hydrogen-bond donors (Lipinski definition) is 1. The van der Waals surface area contributed by atoms with Crippen LogP contribution in [0.25, 0.3) is 10.4 Å². The van der Waals surface area contributed by atoms with Gasteiger partial charge in [-0.3, -0.25) is 4.79 Å². The van der Waals surface area contributed by atoms with Crippen LogP contribution < -0.4 is 14.8 Å². The van der Waals surface area contributed by atoms with E-state index in [2.05, 4.69) is 10.3 Å². The summed E-state index contributed by atoms with van der Waals surface area (Å²) in [5.41, 5.74) is 0.840. The van der Waals surface area contributed by atoms with Gasteiger partial charge in [0.2, 0.25) is 11.8 Å². The molecular formula is C15H18N2O3S. The molecule has 1 N–H and O–H groups in total. The summed E-state index contributed by atoms with van der Waals surface area (Å²) in [4.78, 5) is 17.8. The molecule has 0 fully saturated rings. The molecule has 2 aromatic rings. The summed E-state index contributed by atoms with van der Waals surface area (Å²) in [5.74, 6) is 0.902. The summed E-state index contributed by atoms with van der Waals surface area (Å²) in [6.07, 6.45) is 0. The van der Waals surface area contributed by atoms with Crippen LogP contribution >= 0.6 is 11.3 Å². The fraction of sp³-hybridized carbons (Fsp3) is 0.333. The Hall–Kier alpha value is -2.08. The monoisotopic (exact) mass is 306 g/mol. The van der Waals surface area contributed by atoms with Crippen molar-refractivity contribution in [1.82, 2.24) is 10.3 Å². The smallest absolute Gasteiger partial charge is 0.261 e. The minimum Gasteiger partial charge on any atom is -0.481 e. The van der Waals surface area contributed by atoms with Gasteiger partial charge >= 0.3 is 0 Å². The Balaban J connectivity index is 2.31. The summed E-state index contributed by atoms with van der Waals surface area (Å²) in [6, 6.07) is 7.46. The number of ether oxygens (including phenoxy) is 2. The molecule has 0 radical (unpaired) electrons. The van der Waals surface area contributed by atoms with E-state index in [0.717, 1.165) is 10.4 Å². The fourth-order valence-corrected chi connectivity index (χ4v) is 2.74. The zero-order chi connectivity index (χ0) is 15.4. The fourth-order valence-electron chi connectivity index (χ4n) is 1.82. The van der Waals surface area contributed by atoms with Gasteiger partial charge in [-0.05, 0) is 32.0 Å². The van der Waals surface area contributed by atoms with Gasteiger partial charge in [0.15, 0.2) is 0 Å². The van der Waals surface area contributed by atoms with Crippen molar-refractivity contribution in [3.8, 4) is 22.2 Å². The summed E-state index contributed by atoms with van der Waals surface area (Å²) < 4.78 is 10.4. The molecule has 21 heavy (non-hydrogen) atoms. The van der Waals surface area contributed by atoms with Gasteiger partial charge in [-0.1, -0.05) is 0 Å². The Morgan fingerprint density at radius 2 is 1.95 bits per heavy atom. The van der Waals surface area contributed by atoms with Crippen molar-refractivity contribution < 1.29 is 14.3 Å². The number of methoxy groups -OCH3 is 2. The van der Waals surface area contributed by atoms with E-state index < -0.39 is 0 Å². The van der Waals surface area contributed by atoms with Crippen LogP contribution in [0.15, 0.2) is 24.3 Å². The van der Waals surface area contributed by atoms with Crippen molar-refractivity contribution in [3.05, 3.63) is 29.1 Å². The number of aromatic nitrogens is 1. The minimum absolute atomic E-state index is 0.0679. The van der Waals surface area contributed by atoms with Crippen LogP contribution in [0.1, 0.15) is 23.5 Å². The lowest BCUT2D eigenvalue weighted by Gasteiger charge is -2.07. The van der Waals surface area contributed by atoms with Gasteiger partial charge in [0.25, 0.3) is 5.91 Å². The van der Waals surface area contributed by atoms with E-state index in [1.165, 1.54) is 11.3 Å². The molecule has 0 spiro atoms. The first kappa shape index (κ1) is 15.3. The van der Waals surface area contributed by atoms with Gasteiger partial charge in [0.1, 0.15) is 0 Å².